The highest BCUT2D eigenvalue weighted by Crippen LogP contribution is 2.19. The lowest BCUT2D eigenvalue weighted by Gasteiger charge is -2.13. The number of hydrogen-bond acceptors (Lipinski definition) is 5. The third kappa shape index (κ3) is 7.57. The van der Waals surface area contributed by atoms with Gasteiger partial charge in [0.25, 0.3) is 11.8 Å². The van der Waals surface area contributed by atoms with Crippen molar-refractivity contribution in [2.24, 2.45) is 0 Å². The van der Waals surface area contributed by atoms with Crippen LogP contribution in [0, 0.1) is 0 Å². The molecule has 154 valence electrons. The summed E-state index contributed by atoms with van der Waals surface area (Å²) < 4.78 is 11.4. The minimum absolute atomic E-state index is 0.000982. The normalized spacial score (nSPS) is 11.3. The van der Waals surface area contributed by atoms with Crippen LogP contribution < -0.4 is 15.4 Å². The van der Waals surface area contributed by atoms with E-state index >= 15 is 0 Å². The molecule has 0 fully saturated rings. The van der Waals surface area contributed by atoms with Crippen LogP contribution in [0.3, 0.4) is 0 Å². The van der Waals surface area contributed by atoms with E-state index in [1.807, 2.05) is 13.8 Å². The van der Waals surface area contributed by atoms with E-state index in [1.165, 1.54) is 6.07 Å². The summed E-state index contributed by atoms with van der Waals surface area (Å²) in [6, 6.07) is 13.5. The van der Waals surface area contributed by atoms with E-state index in [0.29, 0.717) is 5.69 Å². The van der Waals surface area contributed by atoms with Crippen molar-refractivity contribution in [3.63, 3.8) is 0 Å². The van der Waals surface area contributed by atoms with Gasteiger partial charge in [-0.25, -0.2) is 4.79 Å². The Hall–Kier alpha value is -2.87. The molecule has 8 heteroatoms. The molecule has 0 bridgehead atoms. The smallest absolute Gasteiger partial charge is 0.342 e. The molecule has 2 rings (SSSR count). The molecule has 0 aliphatic rings. The zero-order chi connectivity index (χ0) is 21.2. The number of anilines is 1. The molecule has 0 aliphatic heterocycles. The van der Waals surface area contributed by atoms with Gasteiger partial charge >= 0.3 is 5.97 Å². The first-order valence-corrected chi connectivity index (χ1v) is 9.92. The molecule has 0 radical (unpaired) electrons. The molecule has 2 aromatic carbocycles. The summed E-state index contributed by atoms with van der Waals surface area (Å²) in [5.74, 6) is -1.25. The average Bonchev–Trinajstić information content (AvgIpc) is 2.72. The van der Waals surface area contributed by atoms with Crippen LogP contribution in [0.4, 0.5) is 5.69 Å². The van der Waals surface area contributed by atoms with Gasteiger partial charge in [0.15, 0.2) is 13.2 Å². The van der Waals surface area contributed by atoms with Crippen LogP contribution in [0.1, 0.15) is 30.6 Å². The third-order valence-corrected chi connectivity index (χ3v) is 4.48. The number of rotatable bonds is 9. The second kappa shape index (κ2) is 11.2. The second-order valence-corrected chi connectivity index (χ2v) is 7.21. The molecule has 0 aromatic heterocycles. The number of halogens is 1. The van der Waals surface area contributed by atoms with Crippen LogP contribution in [0.5, 0.6) is 5.75 Å². The van der Waals surface area contributed by atoms with Crippen LogP contribution in [0.2, 0.25) is 0 Å². The third-order valence-electron chi connectivity index (χ3n) is 3.95. The van der Waals surface area contributed by atoms with E-state index in [0.717, 1.165) is 10.9 Å². The lowest BCUT2D eigenvalue weighted by Crippen LogP contribution is -2.35. The molecule has 1 unspecified atom stereocenters. The van der Waals surface area contributed by atoms with Gasteiger partial charge in [-0.1, -0.05) is 35.0 Å². The predicted molar refractivity (Wildman–Crippen MR) is 113 cm³/mol. The Labute approximate surface area is 177 Å². The van der Waals surface area contributed by atoms with Crippen molar-refractivity contribution in [1.82, 2.24) is 5.32 Å². The fraction of sp³-hybridized carbons (Fsp3) is 0.286. The number of ether oxygens (including phenoxy) is 2. The van der Waals surface area contributed by atoms with E-state index in [9.17, 15) is 14.4 Å². The number of carbonyl (C=O) groups is 3. The van der Waals surface area contributed by atoms with Gasteiger partial charge in [-0.05, 0) is 49.7 Å². The van der Waals surface area contributed by atoms with Gasteiger partial charge in [0.2, 0.25) is 0 Å². The Kier molecular flexibility index (Phi) is 8.67. The number of hydrogen-bond donors (Lipinski definition) is 2. The van der Waals surface area contributed by atoms with Gasteiger partial charge in [-0.15, -0.1) is 0 Å². The molecule has 0 saturated heterocycles. The first-order chi connectivity index (χ1) is 13.9. The monoisotopic (exact) mass is 462 g/mol. The van der Waals surface area contributed by atoms with Crippen LogP contribution in [0.15, 0.2) is 53.0 Å². The summed E-state index contributed by atoms with van der Waals surface area (Å²) in [5, 5.41) is 5.41. The molecule has 1 atom stereocenters. The number of para-hydroxylation sites is 1. The Morgan fingerprint density at radius 2 is 1.69 bits per heavy atom. The first kappa shape index (κ1) is 22.4. The maximum absolute atomic E-state index is 12.3. The van der Waals surface area contributed by atoms with Crippen LogP contribution >= 0.6 is 15.9 Å². The summed E-state index contributed by atoms with van der Waals surface area (Å²) in [7, 11) is 0. The van der Waals surface area contributed by atoms with E-state index in [1.54, 1.807) is 42.5 Å². The molecule has 2 aromatic rings. The number of esters is 1. The fourth-order valence-electron chi connectivity index (χ4n) is 2.26. The van der Waals surface area contributed by atoms with Crippen molar-refractivity contribution < 1.29 is 23.9 Å². The fourth-order valence-corrected chi connectivity index (χ4v) is 2.53. The summed E-state index contributed by atoms with van der Waals surface area (Å²) in [6.45, 7) is 3.13. The molecule has 7 nitrogen and oxygen atoms in total. The Bertz CT molecular complexity index is 854. The first-order valence-electron chi connectivity index (χ1n) is 9.12. The molecule has 0 spiro atoms. The summed E-state index contributed by atoms with van der Waals surface area (Å²) in [6.07, 6.45) is 0.776. The van der Waals surface area contributed by atoms with Crippen LogP contribution in [-0.4, -0.2) is 37.0 Å². The highest BCUT2D eigenvalue weighted by Gasteiger charge is 2.16. The van der Waals surface area contributed by atoms with Gasteiger partial charge in [0.1, 0.15) is 11.3 Å². The van der Waals surface area contributed by atoms with Crippen LogP contribution in [0.25, 0.3) is 0 Å². The zero-order valence-electron chi connectivity index (χ0n) is 16.2. The Morgan fingerprint density at radius 1 is 1.00 bits per heavy atom. The van der Waals surface area contributed by atoms with Crippen molar-refractivity contribution >= 4 is 39.4 Å². The largest absolute Gasteiger partial charge is 0.483 e. The predicted octanol–water partition coefficient (Wildman–Crippen LogP) is 3.54. The van der Waals surface area contributed by atoms with Crippen LogP contribution in [-0.2, 0) is 14.3 Å². The van der Waals surface area contributed by atoms with Gasteiger partial charge in [0.05, 0.1) is 0 Å². The summed E-state index contributed by atoms with van der Waals surface area (Å²) >= 11 is 3.32. The van der Waals surface area contributed by atoms with Crippen molar-refractivity contribution in [3.05, 3.63) is 58.6 Å². The molecule has 0 saturated carbocycles. The second-order valence-electron chi connectivity index (χ2n) is 6.29. The minimum atomic E-state index is -0.701. The lowest BCUT2D eigenvalue weighted by molar-refractivity contribution is -0.124. The molecular formula is C21H23BrN2O5. The highest BCUT2D eigenvalue weighted by atomic mass is 79.9. The van der Waals surface area contributed by atoms with E-state index in [2.05, 4.69) is 26.6 Å². The SMILES string of the molecule is CCC(C)NC(=O)COC(=O)c1ccccc1OCC(=O)Nc1ccc(Br)cc1. The molecule has 2 N–H and O–H groups in total. The molecule has 2 amide bonds. The maximum Gasteiger partial charge on any atom is 0.342 e. The summed E-state index contributed by atoms with van der Waals surface area (Å²) in [5.41, 5.74) is 0.766. The quantitative estimate of drug-likeness (QED) is 0.555. The van der Waals surface area contributed by atoms with Gasteiger partial charge < -0.3 is 20.1 Å². The van der Waals surface area contributed by atoms with Crippen molar-refractivity contribution in [2.75, 3.05) is 18.5 Å². The number of amides is 2. The highest BCUT2D eigenvalue weighted by molar-refractivity contribution is 9.10. The Morgan fingerprint density at radius 3 is 2.38 bits per heavy atom. The van der Waals surface area contributed by atoms with E-state index in [4.69, 9.17) is 9.47 Å². The standard InChI is InChI=1S/C21H23BrN2O5/c1-3-14(2)23-19(25)13-29-21(27)17-6-4-5-7-18(17)28-12-20(26)24-16-10-8-15(22)9-11-16/h4-11,14H,3,12-13H2,1-2H3,(H,23,25)(H,24,26). The zero-order valence-corrected chi connectivity index (χ0v) is 17.8. The van der Waals surface area contributed by atoms with Gasteiger partial charge in [-0.2, -0.15) is 0 Å². The van der Waals surface area contributed by atoms with Gasteiger partial charge in [0, 0.05) is 16.2 Å². The molecule has 29 heavy (non-hydrogen) atoms. The molecule has 0 heterocycles. The molecular weight excluding hydrogens is 440 g/mol. The lowest BCUT2D eigenvalue weighted by atomic mass is 10.2. The minimum Gasteiger partial charge on any atom is -0.483 e. The van der Waals surface area contributed by atoms with Crippen molar-refractivity contribution in [2.45, 2.75) is 26.3 Å². The van der Waals surface area contributed by atoms with Crippen molar-refractivity contribution in [1.29, 1.82) is 0 Å². The van der Waals surface area contributed by atoms with E-state index in [-0.39, 0.29) is 42.4 Å². The maximum atomic E-state index is 12.3. The molecule has 0 aliphatic carbocycles. The number of carbonyl (C=O) groups excluding carboxylic acids is 3. The topological polar surface area (TPSA) is 93.7 Å². The summed E-state index contributed by atoms with van der Waals surface area (Å²) in [4.78, 5) is 36.2. The number of benzene rings is 2. The van der Waals surface area contributed by atoms with Crippen molar-refractivity contribution in [3.8, 4) is 5.75 Å². The number of nitrogens with one attached hydrogen (secondary N) is 2. The Balaban J connectivity index is 1.90. The average molecular weight is 463 g/mol. The van der Waals surface area contributed by atoms with Gasteiger partial charge in [-0.3, -0.25) is 9.59 Å². The van der Waals surface area contributed by atoms with E-state index < -0.39 is 5.97 Å².